The standard InChI is InChI=1S/C17H33NO4/c1-5-7-8-9-10-11-12-21-16(19)13-18(6-2)17(20)22-14-15(3)4/h15H,5-14H2,1-4H3. The van der Waals surface area contributed by atoms with Gasteiger partial charge in [0.15, 0.2) is 0 Å². The molecule has 1 amide bonds. The Hall–Kier alpha value is -1.26. The van der Waals surface area contributed by atoms with Crippen molar-refractivity contribution in [3.63, 3.8) is 0 Å². The molecule has 0 bridgehead atoms. The molecule has 5 nitrogen and oxygen atoms in total. The first-order valence-electron chi connectivity index (χ1n) is 8.58. The van der Waals surface area contributed by atoms with Gasteiger partial charge < -0.3 is 9.47 Å². The summed E-state index contributed by atoms with van der Waals surface area (Å²) >= 11 is 0. The Kier molecular flexibility index (Phi) is 12.6. The van der Waals surface area contributed by atoms with Crippen molar-refractivity contribution in [1.29, 1.82) is 0 Å². The summed E-state index contributed by atoms with van der Waals surface area (Å²) in [6, 6.07) is 0. The monoisotopic (exact) mass is 315 g/mol. The van der Waals surface area contributed by atoms with Crippen molar-refractivity contribution >= 4 is 12.1 Å². The molecule has 0 aromatic heterocycles. The van der Waals surface area contributed by atoms with Gasteiger partial charge in [0.05, 0.1) is 13.2 Å². The van der Waals surface area contributed by atoms with Crippen molar-refractivity contribution < 1.29 is 19.1 Å². The van der Waals surface area contributed by atoms with Gasteiger partial charge >= 0.3 is 12.1 Å². The number of carbonyl (C=O) groups excluding carboxylic acids is 2. The van der Waals surface area contributed by atoms with E-state index in [1.807, 2.05) is 20.8 Å². The first-order valence-corrected chi connectivity index (χ1v) is 8.58. The molecule has 0 heterocycles. The summed E-state index contributed by atoms with van der Waals surface area (Å²) in [5.41, 5.74) is 0. The summed E-state index contributed by atoms with van der Waals surface area (Å²) in [5.74, 6) is -0.0841. The molecule has 0 unspecified atom stereocenters. The Morgan fingerprint density at radius 3 is 2.18 bits per heavy atom. The molecule has 0 aliphatic carbocycles. The first kappa shape index (κ1) is 20.7. The number of hydrogen-bond acceptors (Lipinski definition) is 4. The molecule has 0 N–H and O–H groups in total. The van der Waals surface area contributed by atoms with Gasteiger partial charge in [-0.1, -0.05) is 52.9 Å². The van der Waals surface area contributed by atoms with Crippen molar-refractivity contribution in [3.05, 3.63) is 0 Å². The van der Waals surface area contributed by atoms with E-state index >= 15 is 0 Å². The maximum atomic E-state index is 11.8. The Morgan fingerprint density at radius 2 is 1.59 bits per heavy atom. The predicted molar refractivity (Wildman–Crippen MR) is 87.8 cm³/mol. The molecule has 0 aliphatic heterocycles. The molecule has 0 saturated carbocycles. The van der Waals surface area contributed by atoms with Gasteiger partial charge in [0.2, 0.25) is 0 Å². The quantitative estimate of drug-likeness (QED) is 0.403. The molecule has 0 radical (unpaired) electrons. The second-order valence-electron chi connectivity index (χ2n) is 5.97. The van der Waals surface area contributed by atoms with E-state index in [0.717, 1.165) is 12.8 Å². The van der Waals surface area contributed by atoms with E-state index in [9.17, 15) is 9.59 Å². The smallest absolute Gasteiger partial charge is 0.410 e. The highest BCUT2D eigenvalue weighted by Gasteiger charge is 2.17. The highest BCUT2D eigenvalue weighted by Crippen LogP contribution is 2.05. The highest BCUT2D eigenvalue weighted by atomic mass is 16.6. The molecular formula is C17H33NO4. The zero-order valence-electron chi connectivity index (χ0n) is 14.7. The van der Waals surface area contributed by atoms with Crippen LogP contribution in [0.5, 0.6) is 0 Å². The number of nitrogens with zero attached hydrogens (tertiary/aromatic N) is 1. The van der Waals surface area contributed by atoms with Crippen LogP contribution >= 0.6 is 0 Å². The Labute approximate surface area is 135 Å². The van der Waals surface area contributed by atoms with E-state index in [1.165, 1.54) is 30.6 Å². The molecular weight excluding hydrogens is 282 g/mol. The van der Waals surface area contributed by atoms with Gasteiger partial charge in [0.1, 0.15) is 6.54 Å². The molecule has 0 atom stereocenters. The van der Waals surface area contributed by atoms with E-state index in [1.54, 1.807) is 0 Å². The molecule has 0 aliphatic rings. The summed E-state index contributed by atoms with van der Waals surface area (Å²) in [7, 11) is 0. The number of ether oxygens (including phenoxy) is 2. The topological polar surface area (TPSA) is 55.8 Å². The third-order valence-corrected chi connectivity index (χ3v) is 3.26. The van der Waals surface area contributed by atoms with Crippen molar-refractivity contribution in [2.75, 3.05) is 26.3 Å². The summed E-state index contributed by atoms with van der Waals surface area (Å²) in [6.45, 7) is 9.14. The van der Waals surface area contributed by atoms with Crippen LogP contribution < -0.4 is 0 Å². The van der Waals surface area contributed by atoms with Crippen LogP contribution in [0.2, 0.25) is 0 Å². The number of rotatable bonds is 12. The lowest BCUT2D eigenvalue weighted by Crippen LogP contribution is -2.37. The van der Waals surface area contributed by atoms with Crippen LogP contribution in [0.1, 0.15) is 66.2 Å². The minimum absolute atomic E-state index is 0.0384. The SMILES string of the molecule is CCCCCCCCOC(=O)CN(CC)C(=O)OCC(C)C. The third-order valence-electron chi connectivity index (χ3n) is 3.26. The zero-order valence-corrected chi connectivity index (χ0v) is 14.7. The van der Waals surface area contributed by atoms with Gasteiger partial charge in [-0.3, -0.25) is 9.69 Å². The minimum atomic E-state index is -0.451. The number of carbonyl (C=O) groups is 2. The van der Waals surface area contributed by atoms with Crippen LogP contribution in [0, 0.1) is 5.92 Å². The Morgan fingerprint density at radius 1 is 0.955 bits per heavy atom. The van der Waals surface area contributed by atoms with Crippen LogP contribution in [0.4, 0.5) is 4.79 Å². The average Bonchev–Trinajstić information content (AvgIpc) is 2.49. The lowest BCUT2D eigenvalue weighted by atomic mass is 10.1. The van der Waals surface area contributed by atoms with Crippen LogP contribution in [0.3, 0.4) is 0 Å². The van der Waals surface area contributed by atoms with Crippen molar-refractivity contribution in [2.45, 2.75) is 66.2 Å². The van der Waals surface area contributed by atoms with Crippen LogP contribution in [0.15, 0.2) is 0 Å². The van der Waals surface area contributed by atoms with Gasteiger partial charge in [0.25, 0.3) is 0 Å². The molecule has 0 aromatic rings. The highest BCUT2D eigenvalue weighted by molar-refractivity contribution is 5.78. The zero-order chi connectivity index (χ0) is 16.8. The van der Waals surface area contributed by atoms with Gasteiger partial charge in [-0.25, -0.2) is 4.79 Å². The Balaban J connectivity index is 3.79. The first-order chi connectivity index (χ1) is 10.5. The number of amides is 1. The molecule has 0 rings (SSSR count). The van der Waals surface area contributed by atoms with E-state index in [4.69, 9.17) is 9.47 Å². The number of esters is 1. The largest absolute Gasteiger partial charge is 0.464 e. The lowest BCUT2D eigenvalue weighted by molar-refractivity contribution is -0.144. The number of likely N-dealkylation sites (N-methyl/N-ethyl adjacent to an activating group) is 1. The van der Waals surface area contributed by atoms with E-state index in [0.29, 0.717) is 19.8 Å². The van der Waals surface area contributed by atoms with Crippen LogP contribution in [-0.2, 0) is 14.3 Å². The van der Waals surface area contributed by atoms with E-state index in [2.05, 4.69) is 6.92 Å². The molecule has 0 saturated heterocycles. The fourth-order valence-corrected chi connectivity index (χ4v) is 1.90. The third kappa shape index (κ3) is 11.4. The molecule has 0 fully saturated rings. The van der Waals surface area contributed by atoms with Gasteiger partial charge in [-0.05, 0) is 19.3 Å². The summed E-state index contributed by atoms with van der Waals surface area (Å²) in [5, 5.41) is 0. The normalized spacial score (nSPS) is 10.6. The van der Waals surface area contributed by atoms with E-state index in [-0.39, 0.29) is 18.4 Å². The molecule has 0 spiro atoms. The fourth-order valence-electron chi connectivity index (χ4n) is 1.90. The van der Waals surface area contributed by atoms with Gasteiger partial charge in [0, 0.05) is 6.54 Å². The molecule has 22 heavy (non-hydrogen) atoms. The molecule has 5 heteroatoms. The second kappa shape index (κ2) is 13.4. The van der Waals surface area contributed by atoms with Crippen LogP contribution in [-0.4, -0.2) is 43.3 Å². The minimum Gasteiger partial charge on any atom is -0.464 e. The van der Waals surface area contributed by atoms with Gasteiger partial charge in [-0.15, -0.1) is 0 Å². The summed E-state index contributed by atoms with van der Waals surface area (Å²) in [6.07, 6.45) is 6.45. The van der Waals surface area contributed by atoms with Gasteiger partial charge in [-0.2, -0.15) is 0 Å². The maximum absolute atomic E-state index is 11.8. The van der Waals surface area contributed by atoms with Crippen molar-refractivity contribution in [3.8, 4) is 0 Å². The Bertz CT molecular complexity index is 305. The van der Waals surface area contributed by atoms with Crippen molar-refractivity contribution in [2.24, 2.45) is 5.92 Å². The lowest BCUT2D eigenvalue weighted by Gasteiger charge is -2.20. The van der Waals surface area contributed by atoms with Crippen LogP contribution in [0.25, 0.3) is 0 Å². The summed E-state index contributed by atoms with van der Waals surface area (Å²) in [4.78, 5) is 24.9. The summed E-state index contributed by atoms with van der Waals surface area (Å²) < 4.78 is 10.3. The van der Waals surface area contributed by atoms with E-state index < -0.39 is 6.09 Å². The number of hydrogen-bond donors (Lipinski definition) is 0. The predicted octanol–water partition coefficient (Wildman–Crippen LogP) is 4.00. The number of unbranched alkanes of at least 4 members (excludes halogenated alkanes) is 5. The average molecular weight is 315 g/mol. The second-order valence-corrected chi connectivity index (χ2v) is 5.97. The molecule has 0 aromatic carbocycles. The fraction of sp³-hybridized carbons (Fsp3) is 0.882. The van der Waals surface area contributed by atoms with Crippen molar-refractivity contribution in [1.82, 2.24) is 4.90 Å². The maximum Gasteiger partial charge on any atom is 0.410 e. The molecule has 130 valence electrons.